The van der Waals surface area contributed by atoms with Gasteiger partial charge in [-0.25, -0.2) is 9.97 Å². The lowest BCUT2D eigenvalue weighted by molar-refractivity contribution is 0.490. The van der Waals surface area contributed by atoms with Crippen molar-refractivity contribution in [1.82, 2.24) is 9.97 Å². The van der Waals surface area contributed by atoms with E-state index in [1.54, 1.807) is 6.33 Å². The summed E-state index contributed by atoms with van der Waals surface area (Å²) < 4.78 is 5.58. The van der Waals surface area contributed by atoms with Gasteiger partial charge in [0.2, 0.25) is 0 Å². The molecule has 0 saturated carbocycles. The van der Waals surface area contributed by atoms with E-state index in [-0.39, 0.29) is 0 Å². The molecule has 0 aliphatic rings. The van der Waals surface area contributed by atoms with Crippen LogP contribution in [0.4, 0.5) is 11.6 Å². The molecule has 5 heteroatoms. The molecular formula is C16H24N4O. The predicted octanol–water partition coefficient (Wildman–Crippen LogP) is 3.94. The van der Waals surface area contributed by atoms with Crippen molar-refractivity contribution in [1.29, 1.82) is 0 Å². The molecule has 0 aliphatic carbocycles. The SMILES string of the molecule is CCCNc1ncnc(NCc2ccc(C)o2)c1C(C)C. The van der Waals surface area contributed by atoms with Crippen molar-refractivity contribution in [2.75, 3.05) is 17.2 Å². The van der Waals surface area contributed by atoms with E-state index < -0.39 is 0 Å². The van der Waals surface area contributed by atoms with Crippen LogP contribution >= 0.6 is 0 Å². The van der Waals surface area contributed by atoms with Crippen LogP contribution in [0.15, 0.2) is 22.9 Å². The van der Waals surface area contributed by atoms with Gasteiger partial charge in [0.05, 0.1) is 6.54 Å². The Balaban J connectivity index is 2.17. The number of aryl methyl sites for hydroxylation is 1. The summed E-state index contributed by atoms with van der Waals surface area (Å²) in [7, 11) is 0. The van der Waals surface area contributed by atoms with Crippen LogP contribution in [0, 0.1) is 6.92 Å². The zero-order valence-electron chi connectivity index (χ0n) is 13.2. The van der Waals surface area contributed by atoms with Crippen molar-refractivity contribution in [3.8, 4) is 0 Å². The van der Waals surface area contributed by atoms with E-state index in [1.165, 1.54) is 0 Å². The Morgan fingerprint density at radius 2 is 1.86 bits per heavy atom. The van der Waals surface area contributed by atoms with Gasteiger partial charge in [-0.15, -0.1) is 0 Å². The molecule has 5 nitrogen and oxygen atoms in total. The summed E-state index contributed by atoms with van der Waals surface area (Å²) >= 11 is 0. The number of nitrogens with zero attached hydrogens (tertiary/aromatic N) is 2. The van der Waals surface area contributed by atoms with Gasteiger partial charge in [0.25, 0.3) is 0 Å². The molecule has 21 heavy (non-hydrogen) atoms. The zero-order chi connectivity index (χ0) is 15.2. The smallest absolute Gasteiger partial charge is 0.135 e. The van der Waals surface area contributed by atoms with Gasteiger partial charge >= 0.3 is 0 Å². The fourth-order valence-corrected chi connectivity index (χ4v) is 2.22. The standard InChI is InChI=1S/C16H24N4O/c1-5-8-17-15-14(11(2)3)16(20-10-19-15)18-9-13-7-6-12(4)21-13/h6-7,10-11H,5,8-9H2,1-4H3,(H2,17,18,19,20). The molecule has 0 spiro atoms. The zero-order valence-corrected chi connectivity index (χ0v) is 13.2. The Morgan fingerprint density at radius 3 is 2.43 bits per heavy atom. The van der Waals surface area contributed by atoms with Crippen LogP contribution in [0.5, 0.6) is 0 Å². The van der Waals surface area contributed by atoms with E-state index in [0.717, 1.165) is 41.7 Å². The van der Waals surface area contributed by atoms with Crippen LogP contribution in [0.1, 0.15) is 50.2 Å². The maximum Gasteiger partial charge on any atom is 0.135 e. The Bertz CT molecular complexity index is 577. The molecule has 0 fully saturated rings. The minimum absolute atomic E-state index is 0.339. The topological polar surface area (TPSA) is 63.0 Å². The predicted molar refractivity (Wildman–Crippen MR) is 85.7 cm³/mol. The molecule has 0 bridgehead atoms. The summed E-state index contributed by atoms with van der Waals surface area (Å²) in [5, 5.41) is 6.73. The monoisotopic (exact) mass is 288 g/mol. The fourth-order valence-electron chi connectivity index (χ4n) is 2.22. The first-order chi connectivity index (χ1) is 10.1. The highest BCUT2D eigenvalue weighted by Crippen LogP contribution is 2.28. The largest absolute Gasteiger partial charge is 0.465 e. The molecule has 2 heterocycles. The molecule has 0 amide bonds. The molecule has 0 saturated heterocycles. The van der Waals surface area contributed by atoms with Gasteiger partial charge in [0.15, 0.2) is 0 Å². The average molecular weight is 288 g/mol. The van der Waals surface area contributed by atoms with E-state index in [1.807, 2.05) is 19.1 Å². The normalized spacial score (nSPS) is 10.9. The highest BCUT2D eigenvalue weighted by molar-refractivity contribution is 5.59. The molecular weight excluding hydrogens is 264 g/mol. The second kappa shape index (κ2) is 7.11. The number of anilines is 2. The van der Waals surface area contributed by atoms with Crippen molar-refractivity contribution >= 4 is 11.6 Å². The van der Waals surface area contributed by atoms with Gasteiger partial charge in [-0.05, 0) is 31.4 Å². The van der Waals surface area contributed by atoms with Crippen molar-refractivity contribution in [3.05, 3.63) is 35.5 Å². The van der Waals surface area contributed by atoms with Crippen LogP contribution in [0.2, 0.25) is 0 Å². The van der Waals surface area contributed by atoms with Crippen molar-refractivity contribution in [2.24, 2.45) is 0 Å². The molecule has 2 aromatic heterocycles. The average Bonchev–Trinajstić information content (AvgIpc) is 2.88. The number of nitrogens with one attached hydrogen (secondary N) is 2. The number of hydrogen-bond donors (Lipinski definition) is 2. The van der Waals surface area contributed by atoms with Crippen LogP contribution < -0.4 is 10.6 Å². The van der Waals surface area contributed by atoms with Crippen LogP contribution in [0.3, 0.4) is 0 Å². The number of aromatic nitrogens is 2. The Labute approximate surface area is 126 Å². The first-order valence-corrected chi connectivity index (χ1v) is 7.49. The third kappa shape index (κ3) is 3.97. The maximum absolute atomic E-state index is 5.58. The summed E-state index contributed by atoms with van der Waals surface area (Å²) in [6.45, 7) is 9.92. The summed E-state index contributed by atoms with van der Waals surface area (Å²) in [5.74, 6) is 3.95. The van der Waals surface area contributed by atoms with E-state index >= 15 is 0 Å². The number of hydrogen-bond acceptors (Lipinski definition) is 5. The Morgan fingerprint density at radius 1 is 1.14 bits per heavy atom. The molecule has 2 aromatic rings. The summed E-state index contributed by atoms with van der Waals surface area (Å²) in [4.78, 5) is 8.76. The van der Waals surface area contributed by atoms with E-state index in [0.29, 0.717) is 12.5 Å². The highest BCUT2D eigenvalue weighted by atomic mass is 16.3. The van der Waals surface area contributed by atoms with E-state index in [9.17, 15) is 0 Å². The molecule has 0 unspecified atom stereocenters. The van der Waals surface area contributed by atoms with Gasteiger partial charge < -0.3 is 15.1 Å². The quantitative estimate of drug-likeness (QED) is 0.808. The fraction of sp³-hybridized carbons (Fsp3) is 0.500. The van der Waals surface area contributed by atoms with Crippen LogP contribution in [-0.4, -0.2) is 16.5 Å². The lowest BCUT2D eigenvalue weighted by atomic mass is 10.0. The highest BCUT2D eigenvalue weighted by Gasteiger charge is 2.14. The van der Waals surface area contributed by atoms with E-state index in [4.69, 9.17) is 4.42 Å². The molecule has 0 aliphatic heterocycles. The van der Waals surface area contributed by atoms with Crippen LogP contribution in [0.25, 0.3) is 0 Å². The van der Waals surface area contributed by atoms with Crippen molar-refractivity contribution in [3.63, 3.8) is 0 Å². The molecule has 0 radical (unpaired) electrons. The Hall–Kier alpha value is -2.04. The third-order valence-electron chi connectivity index (χ3n) is 3.23. The molecule has 0 atom stereocenters. The van der Waals surface area contributed by atoms with Crippen molar-refractivity contribution < 1.29 is 4.42 Å². The van der Waals surface area contributed by atoms with Crippen LogP contribution in [-0.2, 0) is 6.54 Å². The molecule has 114 valence electrons. The number of rotatable bonds is 7. The van der Waals surface area contributed by atoms with Crippen molar-refractivity contribution in [2.45, 2.75) is 46.6 Å². The van der Waals surface area contributed by atoms with Gasteiger partial charge in [-0.2, -0.15) is 0 Å². The number of furan rings is 1. The van der Waals surface area contributed by atoms with E-state index in [2.05, 4.69) is 41.4 Å². The minimum atomic E-state index is 0.339. The lowest BCUT2D eigenvalue weighted by Crippen LogP contribution is -2.11. The Kier molecular flexibility index (Phi) is 5.20. The first kappa shape index (κ1) is 15.4. The minimum Gasteiger partial charge on any atom is -0.465 e. The van der Waals surface area contributed by atoms with Gasteiger partial charge in [-0.1, -0.05) is 20.8 Å². The molecule has 2 rings (SSSR count). The summed E-state index contributed by atoms with van der Waals surface area (Å²) in [6.07, 6.45) is 2.66. The van der Waals surface area contributed by atoms with Gasteiger partial charge in [0, 0.05) is 12.1 Å². The second-order valence-electron chi connectivity index (χ2n) is 5.43. The lowest BCUT2D eigenvalue weighted by Gasteiger charge is -2.17. The molecule has 0 aromatic carbocycles. The first-order valence-electron chi connectivity index (χ1n) is 7.49. The third-order valence-corrected chi connectivity index (χ3v) is 3.23. The second-order valence-corrected chi connectivity index (χ2v) is 5.43. The summed E-state index contributed by atoms with van der Waals surface area (Å²) in [5.41, 5.74) is 1.12. The summed E-state index contributed by atoms with van der Waals surface area (Å²) in [6, 6.07) is 3.95. The van der Waals surface area contributed by atoms with Gasteiger partial charge in [0.1, 0.15) is 29.5 Å². The maximum atomic E-state index is 5.58. The molecule has 2 N–H and O–H groups in total. The van der Waals surface area contributed by atoms with Gasteiger partial charge in [-0.3, -0.25) is 0 Å².